The Labute approximate surface area is 114 Å². The number of ether oxygens (including phenoxy) is 1. The first-order valence-electron chi connectivity index (χ1n) is 5.84. The molecule has 0 saturated carbocycles. The Morgan fingerprint density at radius 3 is 3.00 bits per heavy atom. The van der Waals surface area contributed by atoms with Crippen molar-refractivity contribution in [3.05, 3.63) is 42.5 Å². The topological polar surface area (TPSA) is 95.9 Å². The minimum absolute atomic E-state index is 0.0162. The third kappa shape index (κ3) is 1.95. The van der Waals surface area contributed by atoms with Gasteiger partial charge in [-0.05, 0) is 18.2 Å². The van der Waals surface area contributed by atoms with Gasteiger partial charge in [0.05, 0.1) is 18.8 Å². The number of methoxy groups -OCH3 is 1. The molecule has 0 fully saturated rings. The van der Waals surface area contributed by atoms with E-state index in [0.717, 1.165) is 10.9 Å². The number of hydrogen-bond acceptors (Lipinski definition) is 6. The van der Waals surface area contributed by atoms with E-state index >= 15 is 0 Å². The fraction of sp³-hybridized carbons (Fsp3) is 0.0769. The first-order valence-corrected chi connectivity index (χ1v) is 5.84. The van der Waals surface area contributed by atoms with Crippen molar-refractivity contribution in [1.82, 2.24) is 19.7 Å². The minimum atomic E-state index is -0.595. The molecule has 100 valence electrons. The number of aromatic nitrogens is 4. The van der Waals surface area contributed by atoms with Gasteiger partial charge in [0.25, 0.3) is 0 Å². The highest BCUT2D eigenvalue weighted by atomic mass is 16.5. The molecule has 7 nitrogen and oxygen atoms in total. The van der Waals surface area contributed by atoms with E-state index in [1.54, 1.807) is 29.1 Å². The first kappa shape index (κ1) is 12.1. The van der Waals surface area contributed by atoms with Crippen molar-refractivity contribution in [2.45, 2.75) is 0 Å². The van der Waals surface area contributed by atoms with Crippen molar-refractivity contribution >= 4 is 22.6 Å². The molecule has 0 atom stereocenters. The third-order valence-electron chi connectivity index (χ3n) is 2.82. The van der Waals surface area contributed by atoms with E-state index < -0.39 is 5.97 Å². The highest BCUT2D eigenvalue weighted by molar-refractivity contribution is 5.86. The zero-order chi connectivity index (χ0) is 14.1. The van der Waals surface area contributed by atoms with Crippen LogP contribution in [0.3, 0.4) is 0 Å². The Morgan fingerprint density at radius 2 is 2.20 bits per heavy atom. The van der Waals surface area contributed by atoms with Crippen molar-refractivity contribution < 1.29 is 9.53 Å². The number of carbonyl (C=O) groups excluding carboxylic acids is 1. The zero-order valence-electron chi connectivity index (χ0n) is 10.6. The summed E-state index contributed by atoms with van der Waals surface area (Å²) in [6, 6.07) is 7.12. The van der Waals surface area contributed by atoms with Gasteiger partial charge in [-0.25, -0.2) is 19.4 Å². The van der Waals surface area contributed by atoms with Crippen molar-refractivity contribution in [3.63, 3.8) is 0 Å². The lowest BCUT2D eigenvalue weighted by Crippen LogP contribution is -2.10. The number of nitrogens with two attached hydrogens (primary N) is 1. The molecule has 0 amide bonds. The molecule has 1 aromatic carbocycles. The van der Waals surface area contributed by atoms with E-state index in [1.807, 2.05) is 6.07 Å². The molecule has 0 saturated heterocycles. The first-order chi connectivity index (χ1) is 9.69. The normalized spacial score (nSPS) is 10.7. The van der Waals surface area contributed by atoms with Crippen molar-refractivity contribution in [3.8, 4) is 5.82 Å². The molecule has 7 heteroatoms. The summed E-state index contributed by atoms with van der Waals surface area (Å²) < 4.78 is 6.20. The van der Waals surface area contributed by atoms with Crippen LogP contribution in [0.5, 0.6) is 0 Å². The van der Waals surface area contributed by atoms with E-state index in [0.29, 0.717) is 11.5 Å². The lowest BCUT2D eigenvalue weighted by molar-refractivity contribution is 0.0586. The monoisotopic (exact) mass is 269 g/mol. The fourth-order valence-electron chi connectivity index (χ4n) is 1.87. The van der Waals surface area contributed by atoms with Gasteiger partial charge >= 0.3 is 5.97 Å². The van der Waals surface area contributed by atoms with Gasteiger partial charge in [0.2, 0.25) is 5.82 Å². The number of anilines is 1. The van der Waals surface area contributed by atoms with Gasteiger partial charge < -0.3 is 10.5 Å². The van der Waals surface area contributed by atoms with Crippen LogP contribution in [-0.2, 0) is 4.74 Å². The van der Waals surface area contributed by atoms with Crippen LogP contribution in [-0.4, -0.2) is 32.8 Å². The Morgan fingerprint density at radius 1 is 1.35 bits per heavy atom. The molecular formula is C13H11N5O2. The molecule has 0 radical (unpaired) electrons. The molecule has 0 aliphatic rings. The number of hydrogen-bond donors (Lipinski definition) is 1. The smallest absolute Gasteiger partial charge is 0.376 e. The molecule has 2 aromatic heterocycles. The van der Waals surface area contributed by atoms with Crippen LogP contribution in [0.25, 0.3) is 16.7 Å². The number of rotatable bonds is 2. The van der Waals surface area contributed by atoms with Crippen LogP contribution in [0.2, 0.25) is 0 Å². The maximum Gasteiger partial charge on any atom is 0.376 e. The molecule has 20 heavy (non-hydrogen) atoms. The summed E-state index contributed by atoms with van der Waals surface area (Å²) in [5.74, 6) is -0.138. The van der Waals surface area contributed by atoms with Gasteiger partial charge in [0.1, 0.15) is 0 Å². The number of carbonyl (C=O) groups is 1. The predicted octanol–water partition coefficient (Wildman–Crippen LogP) is 1.18. The quantitative estimate of drug-likeness (QED) is 0.554. The predicted molar refractivity (Wildman–Crippen MR) is 72.4 cm³/mol. The molecule has 0 unspecified atom stereocenters. The Kier molecular flexibility index (Phi) is 2.79. The van der Waals surface area contributed by atoms with Crippen LogP contribution in [0.1, 0.15) is 10.6 Å². The van der Waals surface area contributed by atoms with Gasteiger partial charge in [-0.1, -0.05) is 0 Å². The Hall–Kier alpha value is -2.96. The number of esters is 1. The molecule has 0 aliphatic heterocycles. The van der Waals surface area contributed by atoms with Gasteiger partial charge in [-0.3, -0.25) is 0 Å². The number of benzene rings is 1. The van der Waals surface area contributed by atoms with Gasteiger partial charge in [0.15, 0.2) is 5.82 Å². The molecular weight excluding hydrogens is 258 g/mol. The van der Waals surface area contributed by atoms with Crippen LogP contribution < -0.4 is 5.73 Å². The Bertz CT molecular complexity index is 796. The highest BCUT2D eigenvalue weighted by Crippen LogP contribution is 2.19. The standard InChI is InChI=1S/C13H11N5O2/c1-20-13(19)12-15-5-4-11(17-12)18-10-6-9(14)3-2-8(10)7-16-18/h2-7H,14H2,1H3. The summed E-state index contributed by atoms with van der Waals surface area (Å²) in [6.07, 6.45) is 3.18. The van der Waals surface area contributed by atoms with Gasteiger partial charge in [-0.15, -0.1) is 0 Å². The molecule has 3 aromatic rings. The Balaban J connectivity index is 2.16. The van der Waals surface area contributed by atoms with E-state index in [1.165, 1.54) is 13.3 Å². The van der Waals surface area contributed by atoms with E-state index in [4.69, 9.17) is 5.73 Å². The molecule has 2 heterocycles. The van der Waals surface area contributed by atoms with Crippen LogP contribution in [0.15, 0.2) is 36.7 Å². The van der Waals surface area contributed by atoms with Crippen molar-refractivity contribution in [2.75, 3.05) is 12.8 Å². The lowest BCUT2D eigenvalue weighted by Gasteiger charge is -2.04. The van der Waals surface area contributed by atoms with E-state index in [9.17, 15) is 4.79 Å². The highest BCUT2D eigenvalue weighted by Gasteiger charge is 2.12. The average molecular weight is 269 g/mol. The van der Waals surface area contributed by atoms with Gasteiger partial charge in [0, 0.05) is 23.3 Å². The number of fused-ring (bicyclic) bond motifs is 1. The SMILES string of the molecule is COC(=O)c1nccc(-n2ncc3ccc(N)cc32)n1. The number of nitrogen functional groups attached to an aromatic ring is 1. The maximum atomic E-state index is 11.5. The van der Waals surface area contributed by atoms with E-state index in [-0.39, 0.29) is 5.82 Å². The summed E-state index contributed by atoms with van der Waals surface area (Å²) in [4.78, 5) is 19.5. The molecule has 0 bridgehead atoms. The lowest BCUT2D eigenvalue weighted by atomic mass is 10.2. The summed E-state index contributed by atoms with van der Waals surface area (Å²) in [6.45, 7) is 0. The second-order valence-electron chi connectivity index (χ2n) is 4.10. The molecule has 2 N–H and O–H groups in total. The van der Waals surface area contributed by atoms with E-state index in [2.05, 4.69) is 19.8 Å². The molecule has 0 aliphatic carbocycles. The summed E-state index contributed by atoms with van der Waals surface area (Å²) in [7, 11) is 1.28. The van der Waals surface area contributed by atoms with Crippen molar-refractivity contribution in [2.24, 2.45) is 0 Å². The second kappa shape index (κ2) is 4.61. The van der Waals surface area contributed by atoms with Gasteiger partial charge in [-0.2, -0.15) is 5.10 Å². The second-order valence-corrected chi connectivity index (χ2v) is 4.10. The molecule has 0 spiro atoms. The fourth-order valence-corrected chi connectivity index (χ4v) is 1.87. The summed E-state index contributed by atoms with van der Waals surface area (Å²) in [5, 5.41) is 5.18. The summed E-state index contributed by atoms with van der Waals surface area (Å²) >= 11 is 0. The minimum Gasteiger partial charge on any atom is -0.463 e. The zero-order valence-corrected chi connectivity index (χ0v) is 10.6. The summed E-state index contributed by atoms with van der Waals surface area (Å²) in [5.41, 5.74) is 7.21. The van der Waals surface area contributed by atoms with Crippen LogP contribution >= 0.6 is 0 Å². The molecule has 3 rings (SSSR count). The van der Waals surface area contributed by atoms with Crippen LogP contribution in [0, 0.1) is 0 Å². The third-order valence-corrected chi connectivity index (χ3v) is 2.82. The maximum absolute atomic E-state index is 11.5. The average Bonchev–Trinajstić information content (AvgIpc) is 2.89. The van der Waals surface area contributed by atoms with Crippen molar-refractivity contribution in [1.29, 1.82) is 0 Å². The van der Waals surface area contributed by atoms with Crippen LogP contribution in [0.4, 0.5) is 5.69 Å². The largest absolute Gasteiger partial charge is 0.463 e. The number of nitrogens with zero attached hydrogens (tertiary/aromatic N) is 4.